The molecule has 0 saturated carbocycles. The molecule has 4 nitrogen and oxygen atoms in total. The third kappa shape index (κ3) is 3.51. The van der Waals surface area contributed by atoms with Gasteiger partial charge in [-0.05, 0) is 67.4 Å². The van der Waals surface area contributed by atoms with Crippen molar-refractivity contribution in [2.24, 2.45) is 0 Å². The lowest BCUT2D eigenvalue weighted by molar-refractivity contribution is -0.274. The fraction of sp³-hybridized carbons (Fsp3) is 0.318. The molecule has 3 aromatic rings. The summed E-state index contributed by atoms with van der Waals surface area (Å²) in [7, 11) is 0. The average molecular weight is 399 g/mol. The number of piperidine rings is 1. The Labute approximate surface area is 166 Å². The van der Waals surface area contributed by atoms with Crippen LogP contribution in [0.15, 0.2) is 42.7 Å². The molecule has 5 heterocycles. The summed E-state index contributed by atoms with van der Waals surface area (Å²) in [6.45, 7) is 2.79. The molecule has 0 aliphatic carbocycles. The molecule has 0 amide bonds. The van der Waals surface area contributed by atoms with Crippen LogP contribution in [0.5, 0.6) is 5.75 Å². The number of alkyl halides is 3. The summed E-state index contributed by atoms with van der Waals surface area (Å²) in [5.41, 5.74) is 4.20. The van der Waals surface area contributed by atoms with Crippen LogP contribution in [0, 0.1) is 0 Å². The first-order chi connectivity index (χ1) is 14.0. The maximum absolute atomic E-state index is 12.7. The van der Waals surface area contributed by atoms with E-state index in [1.165, 1.54) is 17.8 Å². The van der Waals surface area contributed by atoms with Crippen molar-refractivity contribution >= 4 is 23.2 Å². The minimum absolute atomic E-state index is 0.173. The molecule has 3 aliphatic rings. The third-order valence-corrected chi connectivity index (χ3v) is 5.81. The molecule has 2 aromatic heterocycles. The number of nitrogens with zero attached hydrogens (tertiary/aromatic N) is 3. The summed E-state index contributed by atoms with van der Waals surface area (Å²) < 4.78 is 44.6. The van der Waals surface area contributed by atoms with Crippen LogP contribution in [-0.4, -0.2) is 33.9 Å². The van der Waals surface area contributed by atoms with Gasteiger partial charge >= 0.3 is 6.36 Å². The molecule has 2 bridgehead atoms. The van der Waals surface area contributed by atoms with E-state index < -0.39 is 6.36 Å². The molecule has 0 N–H and O–H groups in total. The maximum Gasteiger partial charge on any atom is 0.573 e. The smallest absolute Gasteiger partial charge is 0.406 e. The van der Waals surface area contributed by atoms with E-state index in [4.69, 9.17) is 0 Å². The number of hydrogen-bond acceptors (Lipinski definition) is 3. The molecule has 0 spiro atoms. The number of halogens is 3. The van der Waals surface area contributed by atoms with Crippen molar-refractivity contribution in [2.75, 3.05) is 13.1 Å². The Morgan fingerprint density at radius 3 is 2.69 bits per heavy atom. The van der Waals surface area contributed by atoms with Gasteiger partial charge in [0.1, 0.15) is 5.75 Å². The van der Waals surface area contributed by atoms with Crippen LogP contribution in [0.1, 0.15) is 35.6 Å². The first-order valence-corrected chi connectivity index (χ1v) is 9.71. The topological polar surface area (TPSA) is 30.3 Å². The van der Waals surface area contributed by atoms with E-state index in [9.17, 15) is 13.2 Å². The van der Waals surface area contributed by atoms with Crippen LogP contribution >= 0.6 is 0 Å². The lowest BCUT2D eigenvalue weighted by Gasteiger charge is -2.27. The van der Waals surface area contributed by atoms with Gasteiger partial charge in [-0.3, -0.25) is 9.88 Å². The van der Waals surface area contributed by atoms with Crippen molar-refractivity contribution in [1.29, 1.82) is 0 Å². The molecule has 1 aromatic carbocycles. The van der Waals surface area contributed by atoms with Crippen molar-refractivity contribution in [1.82, 2.24) is 14.5 Å². The molecular formula is C22H20F3N3O. The third-order valence-electron chi connectivity index (χ3n) is 5.81. The fourth-order valence-electron chi connectivity index (χ4n) is 4.57. The van der Waals surface area contributed by atoms with Crippen LogP contribution < -0.4 is 4.74 Å². The highest BCUT2D eigenvalue weighted by Gasteiger charge is 2.34. The molecule has 7 heteroatoms. The zero-order chi connectivity index (χ0) is 20.0. The van der Waals surface area contributed by atoms with E-state index in [-0.39, 0.29) is 5.75 Å². The zero-order valence-electron chi connectivity index (χ0n) is 15.7. The average Bonchev–Trinajstić information content (AvgIpc) is 2.82. The van der Waals surface area contributed by atoms with Gasteiger partial charge in [0, 0.05) is 42.1 Å². The van der Waals surface area contributed by atoms with Gasteiger partial charge in [0.2, 0.25) is 0 Å². The van der Waals surface area contributed by atoms with Gasteiger partial charge in [-0.1, -0.05) is 6.07 Å². The predicted octanol–water partition coefficient (Wildman–Crippen LogP) is 5.26. The second kappa shape index (κ2) is 6.91. The molecule has 150 valence electrons. The Balaban J connectivity index is 1.67. The van der Waals surface area contributed by atoms with E-state index in [1.807, 2.05) is 24.4 Å². The van der Waals surface area contributed by atoms with Crippen molar-refractivity contribution in [2.45, 2.75) is 31.7 Å². The van der Waals surface area contributed by atoms with E-state index in [2.05, 4.69) is 19.2 Å². The van der Waals surface area contributed by atoms with Crippen molar-refractivity contribution < 1.29 is 17.9 Å². The Bertz CT molecular complexity index is 1060. The van der Waals surface area contributed by atoms with Gasteiger partial charge in [-0.15, -0.1) is 13.2 Å². The second-order valence-electron chi connectivity index (χ2n) is 7.61. The van der Waals surface area contributed by atoms with Gasteiger partial charge < -0.3 is 9.30 Å². The van der Waals surface area contributed by atoms with Gasteiger partial charge in [0.15, 0.2) is 0 Å². The number of aromatic nitrogens is 2. The Kier molecular flexibility index (Phi) is 4.35. The molecule has 0 radical (unpaired) electrons. The maximum atomic E-state index is 12.7. The second-order valence-corrected chi connectivity index (χ2v) is 7.61. The summed E-state index contributed by atoms with van der Waals surface area (Å²) in [5, 5.41) is 0.830. The molecule has 29 heavy (non-hydrogen) atoms. The number of rotatable bonds is 3. The largest absolute Gasteiger partial charge is 0.573 e. The van der Waals surface area contributed by atoms with E-state index in [0.717, 1.165) is 54.5 Å². The van der Waals surface area contributed by atoms with Crippen LogP contribution in [0.2, 0.25) is 0 Å². The Hall–Kier alpha value is -2.80. The molecule has 1 saturated heterocycles. The molecule has 6 rings (SSSR count). The zero-order valence-corrected chi connectivity index (χ0v) is 15.7. The lowest BCUT2D eigenvalue weighted by atomic mass is 9.94. The highest BCUT2D eigenvalue weighted by atomic mass is 19.4. The van der Waals surface area contributed by atoms with Crippen LogP contribution in [0.25, 0.3) is 23.2 Å². The van der Waals surface area contributed by atoms with Crippen LogP contribution in [0.4, 0.5) is 13.2 Å². The number of hydrogen-bond donors (Lipinski definition) is 0. The van der Waals surface area contributed by atoms with Gasteiger partial charge in [-0.2, -0.15) is 0 Å². The highest BCUT2D eigenvalue weighted by Crippen LogP contribution is 2.42. The summed E-state index contributed by atoms with van der Waals surface area (Å²) in [4.78, 5) is 6.53. The number of pyridine rings is 1. The fourth-order valence-corrected chi connectivity index (χ4v) is 4.57. The molecule has 0 unspecified atom stereocenters. The summed E-state index contributed by atoms with van der Waals surface area (Å²) in [6, 6.07) is 8.50. The quantitative estimate of drug-likeness (QED) is 0.602. The van der Waals surface area contributed by atoms with Crippen molar-refractivity contribution in [3.8, 4) is 5.75 Å². The highest BCUT2D eigenvalue weighted by molar-refractivity contribution is 5.90. The summed E-state index contributed by atoms with van der Waals surface area (Å²) >= 11 is 0. The van der Waals surface area contributed by atoms with Gasteiger partial charge in [-0.25, -0.2) is 0 Å². The predicted molar refractivity (Wildman–Crippen MR) is 105 cm³/mol. The Morgan fingerprint density at radius 2 is 1.97 bits per heavy atom. The standard InChI is InChI=1S/C22H20F3N3O/c23-22(24,25)29-17-3-4-20-18(12-17)19-14-27-9-6-16(7-10-27)21(19)28(20)11-5-15-2-1-8-26-13-15/h1-5,8,11-13,16H,6-7,9-10,14H2/b11-5+. The lowest BCUT2D eigenvalue weighted by Crippen LogP contribution is -2.29. The number of benzene rings is 1. The number of ether oxygens (including phenoxy) is 1. The first kappa shape index (κ1) is 18.2. The van der Waals surface area contributed by atoms with Crippen molar-refractivity contribution in [3.05, 3.63) is 59.5 Å². The SMILES string of the molecule is FC(F)(F)Oc1ccc2c(c1)c1c(n2/C=C/c2cccnc2)C2CCN(CC2)C1. The van der Waals surface area contributed by atoms with E-state index >= 15 is 0 Å². The Morgan fingerprint density at radius 1 is 1.14 bits per heavy atom. The van der Waals surface area contributed by atoms with Gasteiger partial charge in [0.05, 0.1) is 5.52 Å². The molecule has 3 aliphatic heterocycles. The first-order valence-electron chi connectivity index (χ1n) is 9.71. The molecular weight excluding hydrogens is 379 g/mol. The van der Waals surface area contributed by atoms with Gasteiger partial charge in [0.25, 0.3) is 0 Å². The summed E-state index contributed by atoms with van der Waals surface area (Å²) in [5.74, 6) is 0.231. The minimum atomic E-state index is -4.70. The van der Waals surface area contributed by atoms with Crippen LogP contribution in [0.3, 0.4) is 0 Å². The minimum Gasteiger partial charge on any atom is -0.406 e. The normalized spacial score (nSPS) is 21.5. The molecule has 0 atom stereocenters. The summed E-state index contributed by atoms with van der Waals surface area (Å²) in [6.07, 6.45) is 4.94. The van der Waals surface area contributed by atoms with Crippen LogP contribution in [-0.2, 0) is 6.54 Å². The van der Waals surface area contributed by atoms with E-state index in [0.29, 0.717) is 5.92 Å². The monoisotopic (exact) mass is 399 g/mol. The van der Waals surface area contributed by atoms with Crippen molar-refractivity contribution in [3.63, 3.8) is 0 Å². The molecule has 1 fully saturated rings. The number of fused-ring (bicyclic) bond motifs is 3. The van der Waals surface area contributed by atoms with E-state index in [1.54, 1.807) is 18.5 Å².